The van der Waals surface area contributed by atoms with Crippen molar-refractivity contribution in [1.29, 1.82) is 0 Å². The Morgan fingerprint density at radius 3 is 2.31 bits per heavy atom. The molecule has 1 aliphatic heterocycles. The van der Waals surface area contributed by atoms with E-state index in [1.807, 2.05) is 0 Å². The molecular weight excluding hydrogens is 159 g/mol. The number of rotatable bonds is 5. The van der Waals surface area contributed by atoms with Crippen LogP contribution in [0.3, 0.4) is 0 Å². The molecule has 0 saturated carbocycles. The fourth-order valence-electron chi connectivity index (χ4n) is 2.14. The van der Waals surface area contributed by atoms with Crippen LogP contribution in [0.5, 0.6) is 0 Å². The molecule has 1 heterocycles. The molecule has 2 heteroatoms. The number of hydrogen-bond donors (Lipinski definition) is 0. The smallest absolute Gasteiger partial charge is 0.121 e. The highest BCUT2D eigenvalue weighted by atomic mass is 16.5. The standard InChI is InChI=1S/C11H22BO/c1-5-6-7-10(2,3)11(12-4)8-13-9-11/h5-9H2,1-4H3. The number of ether oxygens (including phenoxy) is 1. The summed E-state index contributed by atoms with van der Waals surface area (Å²) in [6, 6.07) is 0. The van der Waals surface area contributed by atoms with Crippen LogP contribution in [0.1, 0.15) is 40.0 Å². The predicted octanol–water partition coefficient (Wildman–Crippen LogP) is 3.14. The molecule has 0 unspecified atom stereocenters. The molecule has 0 N–H and O–H groups in total. The van der Waals surface area contributed by atoms with Crippen LogP contribution in [0, 0.1) is 5.41 Å². The van der Waals surface area contributed by atoms with Crippen molar-refractivity contribution in [3.63, 3.8) is 0 Å². The van der Waals surface area contributed by atoms with Gasteiger partial charge in [-0.2, -0.15) is 0 Å². The molecule has 0 aromatic rings. The van der Waals surface area contributed by atoms with E-state index < -0.39 is 0 Å². The van der Waals surface area contributed by atoms with E-state index in [0.717, 1.165) is 13.2 Å². The van der Waals surface area contributed by atoms with Crippen molar-refractivity contribution < 1.29 is 4.74 Å². The maximum atomic E-state index is 5.36. The number of hydrogen-bond acceptors (Lipinski definition) is 1. The first-order valence-corrected chi connectivity index (χ1v) is 5.46. The second-order valence-corrected chi connectivity index (χ2v) is 4.93. The van der Waals surface area contributed by atoms with Gasteiger partial charge in [0.2, 0.25) is 0 Å². The van der Waals surface area contributed by atoms with Crippen molar-refractivity contribution in [1.82, 2.24) is 0 Å². The van der Waals surface area contributed by atoms with Crippen LogP contribution >= 0.6 is 0 Å². The summed E-state index contributed by atoms with van der Waals surface area (Å²) in [5, 5.41) is 0.363. The minimum absolute atomic E-state index is 0.363. The van der Waals surface area contributed by atoms with Crippen molar-refractivity contribution in [3.05, 3.63) is 0 Å². The molecule has 1 nitrogen and oxygen atoms in total. The molecule has 1 saturated heterocycles. The van der Waals surface area contributed by atoms with E-state index in [2.05, 4.69) is 34.9 Å². The van der Waals surface area contributed by atoms with Crippen LogP contribution in [0.4, 0.5) is 0 Å². The van der Waals surface area contributed by atoms with Gasteiger partial charge in [0.15, 0.2) is 0 Å². The average molecular weight is 181 g/mol. The molecule has 0 bridgehead atoms. The van der Waals surface area contributed by atoms with Gasteiger partial charge in [-0.1, -0.05) is 40.4 Å². The lowest BCUT2D eigenvalue weighted by atomic mass is 9.42. The first-order chi connectivity index (χ1) is 6.08. The molecule has 1 rings (SSSR count). The van der Waals surface area contributed by atoms with E-state index in [4.69, 9.17) is 4.74 Å². The van der Waals surface area contributed by atoms with Crippen molar-refractivity contribution >= 4 is 7.28 Å². The Hall–Kier alpha value is 0.0249. The molecule has 0 aliphatic carbocycles. The van der Waals surface area contributed by atoms with Gasteiger partial charge < -0.3 is 4.74 Å². The molecule has 1 aliphatic rings. The van der Waals surface area contributed by atoms with E-state index >= 15 is 0 Å². The van der Waals surface area contributed by atoms with Crippen molar-refractivity contribution in [3.8, 4) is 0 Å². The lowest BCUT2D eigenvalue weighted by Gasteiger charge is -2.52. The minimum Gasteiger partial charge on any atom is -0.382 e. The number of unbranched alkanes of at least 4 members (excludes halogenated alkanes) is 1. The Kier molecular flexibility index (Phi) is 3.45. The summed E-state index contributed by atoms with van der Waals surface area (Å²) >= 11 is 0. The normalized spacial score (nSPS) is 20.9. The van der Waals surface area contributed by atoms with Crippen LogP contribution in [-0.4, -0.2) is 20.5 Å². The predicted molar refractivity (Wildman–Crippen MR) is 58.4 cm³/mol. The maximum absolute atomic E-state index is 5.36. The highest BCUT2D eigenvalue weighted by molar-refractivity contribution is 6.39. The zero-order valence-corrected chi connectivity index (χ0v) is 9.52. The molecule has 0 spiro atoms. The molecule has 0 aromatic heterocycles. The molecule has 0 atom stereocenters. The molecular formula is C11H22BO. The van der Waals surface area contributed by atoms with E-state index in [1.165, 1.54) is 19.3 Å². The third-order valence-electron chi connectivity index (χ3n) is 3.78. The van der Waals surface area contributed by atoms with E-state index in [0.29, 0.717) is 10.7 Å². The van der Waals surface area contributed by atoms with Gasteiger partial charge in [0.1, 0.15) is 7.28 Å². The van der Waals surface area contributed by atoms with Gasteiger partial charge in [0.05, 0.1) is 0 Å². The highest BCUT2D eigenvalue weighted by Crippen LogP contribution is 2.53. The largest absolute Gasteiger partial charge is 0.382 e. The summed E-state index contributed by atoms with van der Waals surface area (Å²) in [4.78, 5) is 0. The quantitative estimate of drug-likeness (QED) is 0.592. The van der Waals surface area contributed by atoms with Gasteiger partial charge in [-0.3, -0.25) is 0 Å². The van der Waals surface area contributed by atoms with Crippen LogP contribution in [0.15, 0.2) is 0 Å². The second-order valence-electron chi connectivity index (χ2n) is 4.93. The summed E-state index contributed by atoms with van der Waals surface area (Å²) in [5.74, 6) is 0. The molecule has 1 fully saturated rings. The first kappa shape index (κ1) is 11.1. The van der Waals surface area contributed by atoms with Gasteiger partial charge in [0.25, 0.3) is 0 Å². The van der Waals surface area contributed by atoms with Gasteiger partial charge in [-0.25, -0.2) is 0 Å². The highest BCUT2D eigenvalue weighted by Gasteiger charge is 2.48. The Morgan fingerprint density at radius 1 is 1.38 bits per heavy atom. The van der Waals surface area contributed by atoms with Gasteiger partial charge in [-0.15, -0.1) is 0 Å². The van der Waals surface area contributed by atoms with Crippen molar-refractivity contribution in [2.75, 3.05) is 13.2 Å². The first-order valence-electron chi connectivity index (χ1n) is 5.46. The van der Waals surface area contributed by atoms with Crippen LogP contribution in [0.25, 0.3) is 0 Å². The monoisotopic (exact) mass is 181 g/mol. The summed E-state index contributed by atoms with van der Waals surface area (Å²) in [7, 11) is 2.35. The third kappa shape index (κ3) is 1.93. The lowest BCUT2D eigenvalue weighted by Crippen LogP contribution is -2.50. The van der Waals surface area contributed by atoms with Crippen LogP contribution in [0.2, 0.25) is 12.1 Å². The summed E-state index contributed by atoms with van der Waals surface area (Å²) in [6.07, 6.45) is 3.95. The van der Waals surface area contributed by atoms with Crippen molar-refractivity contribution in [2.24, 2.45) is 5.41 Å². The Labute approximate surface area is 83.5 Å². The Balaban J connectivity index is 2.54. The molecule has 1 radical (unpaired) electrons. The summed E-state index contributed by atoms with van der Waals surface area (Å²) in [5.41, 5.74) is 0.413. The van der Waals surface area contributed by atoms with E-state index in [9.17, 15) is 0 Å². The lowest BCUT2D eigenvalue weighted by molar-refractivity contribution is -0.0774. The van der Waals surface area contributed by atoms with Crippen molar-refractivity contribution in [2.45, 2.75) is 52.2 Å². The SMILES string of the molecule is C[B]C1(C(C)(C)CCCC)COC1. The minimum atomic E-state index is 0.363. The Morgan fingerprint density at radius 2 is 2.00 bits per heavy atom. The molecule has 75 valence electrons. The summed E-state index contributed by atoms with van der Waals surface area (Å²) in [6.45, 7) is 11.1. The maximum Gasteiger partial charge on any atom is 0.121 e. The third-order valence-corrected chi connectivity index (χ3v) is 3.78. The second kappa shape index (κ2) is 4.04. The van der Waals surface area contributed by atoms with Gasteiger partial charge in [0, 0.05) is 13.2 Å². The van der Waals surface area contributed by atoms with Gasteiger partial charge >= 0.3 is 0 Å². The van der Waals surface area contributed by atoms with Gasteiger partial charge in [-0.05, 0) is 17.2 Å². The van der Waals surface area contributed by atoms with Crippen LogP contribution in [-0.2, 0) is 4.74 Å². The Bertz CT molecular complexity index is 156. The van der Waals surface area contributed by atoms with E-state index in [-0.39, 0.29) is 0 Å². The van der Waals surface area contributed by atoms with Crippen LogP contribution < -0.4 is 0 Å². The fourth-order valence-corrected chi connectivity index (χ4v) is 2.14. The zero-order chi connectivity index (χ0) is 9.95. The zero-order valence-electron chi connectivity index (χ0n) is 9.52. The van der Waals surface area contributed by atoms with E-state index in [1.54, 1.807) is 0 Å². The average Bonchev–Trinajstić information content (AvgIpc) is 1.99. The molecule has 13 heavy (non-hydrogen) atoms. The molecule has 0 aromatic carbocycles. The fraction of sp³-hybridized carbons (Fsp3) is 1.00. The molecule has 0 amide bonds. The topological polar surface area (TPSA) is 9.23 Å². The summed E-state index contributed by atoms with van der Waals surface area (Å²) < 4.78 is 5.36.